The molecule has 0 bridgehead atoms. The zero-order chi connectivity index (χ0) is 21.3. The summed E-state index contributed by atoms with van der Waals surface area (Å²) in [6.07, 6.45) is 1.92. The minimum atomic E-state index is -1.00. The lowest BCUT2D eigenvalue weighted by atomic mass is 10.0. The number of nitrogens with zero attached hydrogens (tertiary/aromatic N) is 2. The monoisotopic (exact) mass is 402 g/mol. The Morgan fingerprint density at radius 3 is 2.59 bits per heavy atom. The van der Waals surface area contributed by atoms with Crippen LogP contribution < -0.4 is 4.74 Å². The van der Waals surface area contributed by atoms with Crippen molar-refractivity contribution in [3.8, 4) is 5.75 Å². The molecule has 7 nitrogen and oxygen atoms in total. The molecule has 1 fully saturated rings. The van der Waals surface area contributed by atoms with Crippen LogP contribution in [0.5, 0.6) is 5.75 Å². The van der Waals surface area contributed by atoms with E-state index in [0.717, 1.165) is 23.8 Å². The van der Waals surface area contributed by atoms with Gasteiger partial charge in [0.05, 0.1) is 12.1 Å². The van der Waals surface area contributed by atoms with E-state index < -0.39 is 11.7 Å². The third-order valence-corrected chi connectivity index (χ3v) is 4.97. The van der Waals surface area contributed by atoms with Gasteiger partial charge in [-0.1, -0.05) is 13.8 Å². The molecule has 1 aliphatic rings. The number of fused-ring (bicyclic) bond motifs is 1. The first-order valence-electron chi connectivity index (χ1n) is 10.1. The molecule has 1 aliphatic heterocycles. The largest absolute Gasteiger partial charge is 0.489 e. The Morgan fingerprint density at radius 2 is 1.97 bits per heavy atom. The molecule has 1 atom stereocenters. The van der Waals surface area contributed by atoms with Crippen LogP contribution >= 0.6 is 0 Å². The zero-order valence-corrected chi connectivity index (χ0v) is 17.8. The average molecular weight is 402 g/mol. The molecule has 1 aromatic heterocycles. The highest BCUT2D eigenvalue weighted by atomic mass is 16.6. The molecule has 7 heteroatoms. The number of likely N-dealkylation sites (tertiary alicyclic amines) is 1. The van der Waals surface area contributed by atoms with Gasteiger partial charge in [-0.3, -0.25) is 4.57 Å². The Labute approximate surface area is 171 Å². The van der Waals surface area contributed by atoms with Gasteiger partial charge >= 0.3 is 12.2 Å². The molecule has 1 amide bonds. The van der Waals surface area contributed by atoms with Crippen molar-refractivity contribution in [1.29, 1.82) is 0 Å². The Balaban J connectivity index is 1.78. The molecule has 3 rings (SSSR count). The van der Waals surface area contributed by atoms with E-state index in [1.54, 1.807) is 23.2 Å². The quantitative estimate of drug-likeness (QED) is 0.775. The van der Waals surface area contributed by atoms with Crippen molar-refractivity contribution >= 4 is 23.1 Å². The van der Waals surface area contributed by atoms with E-state index in [-0.39, 0.29) is 18.1 Å². The lowest BCUT2D eigenvalue weighted by Crippen LogP contribution is -2.46. The Bertz CT molecular complexity index is 910. The maximum Gasteiger partial charge on any atom is 0.416 e. The molecular formula is C22H30N2O5. The van der Waals surface area contributed by atoms with Gasteiger partial charge in [0.15, 0.2) is 0 Å². The van der Waals surface area contributed by atoms with Crippen LogP contribution in [0.15, 0.2) is 24.4 Å². The molecule has 2 aromatic rings. The minimum Gasteiger partial charge on any atom is -0.489 e. The van der Waals surface area contributed by atoms with Gasteiger partial charge in [0.2, 0.25) is 0 Å². The first-order chi connectivity index (χ1) is 13.5. The summed E-state index contributed by atoms with van der Waals surface area (Å²) in [7, 11) is 0. The second-order valence-corrected chi connectivity index (χ2v) is 8.88. The molecule has 1 saturated heterocycles. The summed E-state index contributed by atoms with van der Waals surface area (Å²) >= 11 is 0. The summed E-state index contributed by atoms with van der Waals surface area (Å²) < 4.78 is 12.9. The van der Waals surface area contributed by atoms with Gasteiger partial charge in [-0.15, -0.1) is 0 Å². The van der Waals surface area contributed by atoms with Crippen molar-refractivity contribution in [2.45, 2.75) is 65.1 Å². The third-order valence-electron chi connectivity index (χ3n) is 4.97. The fraction of sp³-hybridized carbons (Fsp3) is 0.545. The number of amides is 1. The van der Waals surface area contributed by atoms with Crippen molar-refractivity contribution in [1.82, 2.24) is 9.47 Å². The lowest BCUT2D eigenvalue weighted by Gasteiger charge is -2.34. The van der Waals surface area contributed by atoms with Gasteiger partial charge in [0.1, 0.15) is 17.5 Å². The molecule has 1 unspecified atom stereocenters. The molecule has 158 valence electrons. The highest BCUT2D eigenvalue weighted by Gasteiger charge is 2.28. The second kappa shape index (κ2) is 7.97. The number of carboxylic acid groups (broad SMARTS) is 1. The van der Waals surface area contributed by atoms with Crippen LogP contribution in [0.4, 0.5) is 9.59 Å². The Hall–Kier alpha value is -2.70. The van der Waals surface area contributed by atoms with E-state index >= 15 is 0 Å². The van der Waals surface area contributed by atoms with Crippen LogP contribution in [0.2, 0.25) is 0 Å². The predicted octanol–water partition coefficient (Wildman–Crippen LogP) is 5.07. The van der Waals surface area contributed by atoms with E-state index in [1.807, 2.05) is 40.7 Å². The van der Waals surface area contributed by atoms with Crippen molar-refractivity contribution in [2.24, 2.45) is 0 Å². The van der Waals surface area contributed by atoms with E-state index in [2.05, 4.69) is 0 Å². The topological polar surface area (TPSA) is 81.0 Å². The van der Waals surface area contributed by atoms with Crippen molar-refractivity contribution in [3.63, 3.8) is 0 Å². The molecule has 0 aliphatic carbocycles. The summed E-state index contributed by atoms with van der Waals surface area (Å²) in [6, 6.07) is 5.47. The van der Waals surface area contributed by atoms with Crippen LogP contribution in [0.25, 0.3) is 10.9 Å². The smallest absolute Gasteiger partial charge is 0.416 e. The first kappa shape index (κ1) is 21.0. The van der Waals surface area contributed by atoms with Crippen LogP contribution in [-0.2, 0) is 4.74 Å². The number of carbonyl (C=O) groups is 2. The lowest BCUT2D eigenvalue weighted by molar-refractivity contribution is 0.00777. The first-order valence-corrected chi connectivity index (χ1v) is 10.1. The van der Waals surface area contributed by atoms with E-state index in [1.165, 1.54) is 4.57 Å². The van der Waals surface area contributed by atoms with E-state index in [0.29, 0.717) is 24.4 Å². The van der Waals surface area contributed by atoms with Crippen LogP contribution in [-0.4, -0.2) is 51.6 Å². The number of aromatic nitrogens is 1. The number of rotatable bonds is 3. The summed E-state index contributed by atoms with van der Waals surface area (Å²) in [4.78, 5) is 25.6. The number of piperidine rings is 1. The SMILES string of the molecule is CC(C)c1cn(C(=O)O)c2ccc(OC3CCCN(C(=O)OC(C)(C)C)C3)cc12. The molecule has 2 heterocycles. The standard InChI is InChI=1S/C22H30N2O5/c1-14(2)18-13-24(20(25)26)19-9-8-15(11-17(18)19)28-16-7-6-10-23(12-16)21(27)29-22(3,4)5/h8-9,11,13-14,16H,6-7,10,12H2,1-5H3,(H,25,26). The van der Waals surface area contributed by atoms with Crippen molar-refractivity contribution in [2.75, 3.05) is 13.1 Å². The molecular weight excluding hydrogens is 372 g/mol. The van der Waals surface area contributed by atoms with Crippen LogP contribution in [0.1, 0.15) is 58.9 Å². The molecule has 0 spiro atoms. The van der Waals surface area contributed by atoms with E-state index in [4.69, 9.17) is 9.47 Å². The van der Waals surface area contributed by atoms with Crippen LogP contribution in [0.3, 0.4) is 0 Å². The highest BCUT2D eigenvalue weighted by Crippen LogP contribution is 2.31. The summed E-state index contributed by atoms with van der Waals surface area (Å²) in [5, 5.41) is 10.3. The van der Waals surface area contributed by atoms with Gasteiger partial charge in [0.25, 0.3) is 0 Å². The molecule has 1 N–H and O–H groups in total. The normalized spacial score (nSPS) is 17.6. The molecule has 0 radical (unpaired) electrons. The number of carbonyl (C=O) groups excluding carboxylic acids is 1. The fourth-order valence-electron chi connectivity index (χ4n) is 3.65. The molecule has 0 saturated carbocycles. The summed E-state index contributed by atoms with van der Waals surface area (Å²) in [5.41, 5.74) is 1.08. The number of ether oxygens (including phenoxy) is 2. The maximum atomic E-state index is 12.4. The summed E-state index contributed by atoms with van der Waals surface area (Å²) in [5.74, 6) is 0.865. The summed E-state index contributed by atoms with van der Waals surface area (Å²) in [6.45, 7) is 10.8. The van der Waals surface area contributed by atoms with Crippen molar-refractivity contribution < 1.29 is 24.2 Å². The van der Waals surface area contributed by atoms with Gasteiger partial charge in [-0.2, -0.15) is 0 Å². The fourth-order valence-corrected chi connectivity index (χ4v) is 3.65. The zero-order valence-electron chi connectivity index (χ0n) is 17.8. The number of hydrogen-bond donors (Lipinski definition) is 1. The van der Waals surface area contributed by atoms with Crippen molar-refractivity contribution in [3.05, 3.63) is 30.0 Å². The van der Waals surface area contributed by atoms with Gasteiger partial charge in [0, 0.05) is 18.1 Å². The molecule has 1 aromatic carbocycles. The van der Waals surface area contributed by atoms with Gasteiger partial charge in [-0.25, -0.2) is 9.59 Å². The number of hydrogen-bond acceptors (Lipinski definition) is 4. The Morgan fingerprint density at radius 1 is 1.24 bits per heavy atom. The van der Waals surface area contributed by atoms with Gasteiger partial charge < -0.3 is 19.5 Å². The third kappa shape index (κ3) is 4.83. The molecule has 29 heavy (non-hydrogen) atoms. The number of benzene rings is 1. The predicted molar refractivity (Wildman–Crippen MR) is 111 cm³/mol. The second-order valence-electron chi connectivity index (χ2n) is 8.88. The average Bonchev–Trinajstić information content (AvgIpc) is 3.00. The van der Waals surface area contributed by atoms with Gasteiger partial charge in [-0.05, 0) is 63.3 Å². The minimum absolute atomic E-state index is 0.127. The highest BCUT2D eigenvalue weighted by molar-refractivity contribution is 5.92. The Kier molecular flexibility index (Phi) is 5.78. The van der Waals surface area contributed by atoms with Crippen LogP contribution in [0, 0.1) is 0 Å². The maximum absolute atomic E-state index is 12.4. The van der Waals surface area contributed by atoms with E-state index in [9.17, 15) is 14.7 Å².